The van der Waals surface area contributed by atoms with Gasteiger partial charge in [-0.2, -0.15) is 23.0 Å². The Kier molecular flexibility index (Phi) is 4.52. The van der Waals surface area contributed by atoms with Crippen LogP contribution in [0.2, 0.25) is 0 Å². The van der Waals surface area contributed by atoms with Crippen LogP contribution in [0.5, 0.6) is 0 Å². The lowest BCUT2D eigenvalue weighted by Gasteiger charge is -2.22. The standard InChI is InChI=1S/C20H16F3N4O2/c21-20(22,23)14-5-1-12(2-6-14)10-26-11-16-13(4-8-18(26)28)3-7-17-15(16)9-25-27(17)19(24)29/h1-3,5-9H,4,10-11H2,(H2,24,29). The van der Waals surface area contributed by atoms with Crippen molar-refractivity contribution in [3.63, 3.8) is 0 Å². The second-order valence-electron chi connectivity index (χ2n) is 6.83. The first-order valence-electron chi connectivity index (χ1n) is 8.80. The average molecular weight is 401 g/mol. The number of aromatic nitrogens is 2. The predicted molar refractivity (Wildman–Crippen MR) is 98.4 cm³/mol. The summed E-state index contributed by atoms with van der Waals surface area (Å²) >= 11 is 0. The van der Waals surface area contributed by atoms with E-state index in [1.54, 1.807) is 17.4 Å². The molecule has 0 saturated heterocycles. The third-order valence-corrected chi connectivity index (χ3v) is 4.98. The summed E-state index contributed by atoms with van der Waals surface area (Å²) in [5.74, 6) is -0.212. The van der Waals surface area contributed by atoms with Crippen LogP contribution in [0.3, 0.4) is 0 Å². The van der Waals surface area contributed by atoms with Crippen LogP contribution in [0.15, 0.2) is 42.6 Å². The summed E-state index contributed by atoms with van der Waals surface area (Å²) in [4.78, 5) is 25.6. The molecule has 0 saturated carbocycles. The van der Waals surface area contributed by atoms with Crippen LogP contribution in [0.25, 0.3) is 10.9 Å². The lowest BCUT2D eigenvalue weighted by Crippen LogP contribution is -2.29. The fourth-order valence-corrected chi connectivity index (χ4v) is 3.51. The van der Waals surface area contributed by atoms with E-state index in [0.29, 0.717) is 22.9 Å². The van der Waals surface area contributed by atoms with Gasteiger partial charge in [0.25, 0.3) is 0 Å². The van der Waals surface area contributed by atoms with Gasteiger partial charge >= 0.3 is 12.2 Å². The number of primary amides is 1. The van der Waals surface area contributed by atoms with Gasteiger partial charge in [0.2, 0.25) is 5.91 Å². The second-order valence-corrected chi connectivity index (χ2v) is 6.83. The maximum absolute atomic E-state index is 12.8. The highest BCUT2D eigenvalue weighted by atomic mass is 19.4. The van der Waals surface area contributed by atoms with Crippen molar-refractivity contribution in [2.24, 2.45) is 5.73 Å². The molecule has 3 aromatic rings. The number of hydrogen-bond donors (Lipinski definition) is 1. The Morgan fingerprint density at radius 2 is 1.86 bits per heavy atom. The number of benzene rings is 2. The van der Waals surface area contributed by atoms with Crippen molar-refractivity contribution < 1.29 is 22.8 Å². The molecule has 0 spiro atoms. The van der Waals surface area contributed by atoms with Gasteiger partial charge in [-0.1, -0.05) is 18.2 Å². The van der Waals surface area contributed by atoms with Gasteiger partial charge in [-0.05, 0) is 41.3 Å². The molecule has 2 amide bonds. The molecule has 6 nitrogen and oxygen atoms in total. The van der Waals surface area contributed by atoms with Gasteiger partial charge in [0.1, 0.15) is 0 Å². The lowest BCUT2D eigenvalue weighted by atomic mass is 10.0. The van der Waals surface area contributed by atoms with Gasteiger partial charge in [0.15, 0.2) is 0 Å². The van der Waals surface area contributed by atoms with Crippen molar-refractivity contribution in [3.8, 4) is 0 Å². The topological polar surface area (TPSA) is 81.2 Å². The molecule has 0 unspecified atom stereocenters. The van der Waals surface area contributed by atoms with Crippen LogP contribution in [-0.4, -0.2) is 26.6 Å². The third kappa shape index (κ3) is 3.55. The maximum Gasteiger partial charge on any atom is 0.416 e. The van der Waals surface area contributed by atoms with Crippen molar-refractivity contribution in [2.75, 3.05) is 0 Å². The van der Waals surface area contributed by atoms with E-state index in [-0.39, 0.29) is 19.0 Å². The van der Waals surface area contributed by atoms with Crippen LogP contribution in [0.1, 0.15) is 22.3 Å². The largest absolute Gasteiger partial charge is 0.416 e. The fraction of sp³-hybridized carbons (Fsp3) is 0.200. The number of carbonyl (C=O) groups excluding carboxylic acids is 2. The average Bonchev–Trinajstić information content (AvgIpc) is 3.04. The first-order valence-corrected chi connectivity index (χ1v) is 8.80. The van der Waals surface area contributed by atoms with Gasteiger partial charge in [-0.3, -0.25) is 4.79 Å². The number of carbonyl (C=O) groups is 2. The van der Waals surface area contributed by atoms with E-state index in [2.05, 4.69) is 5.10 Å². The number of hydrogen-bond acceptors (Lipinski definition) is 3. The van der Waals surface area contributed by atoms with Gasteiger partial charge in [0, 0.05) is 18.5 Å². The van der Waals surface area contributed by atoms with Crippen LogP contribution < -0.4 is 5.73 Å². The quantitative estimate of drug-likeness (QED) is 0.716. The highest BCUT2D eigenvalue weighted by molar-refractivity contribution is 5.93. The zero-order valence-electron chi connectivity index (χ0n) is 15.1. The molecule has 1 aliphatic heterocycles. The van der Waals surface area contributed by atoms with E-state index in [0.717, 1.165) is 27.9 Å². The van der Waals surface area contributed by atoms with E-state index >= 15 is 0 Å². The highest BCUT2D eigenvalue weighted by Crippen LogP contribution is 2.30. The first kappa shape index (κ1) is 19.0. The maximum atomic E-state index is 12.8. The minimum absolute atomic E-state index is 0.160. The van der Waals surface area contributed by atoms with Crippen LogP contribution >= 0.6 is 0 Å². The molecule has 1 aliphatic rings. The molecule has 4 rings (SSSR count). The number of halogens is 3. The Morgan fingerprint density at radius 1 is 1.14 bits per heavy atom. The molecule has 2 aromatic carbocycles. The number of rotatable bonds is 2. The molecule has 0 atom stereocenters. The minimum atomic E-state index is -4.41. The Morgan fingerprint density at radius 3 is 2.52 bits per heavy atom. The van der Waals surface area contributed by atoms with Crippen LogP contribution in [-0.2, 0) is 30.5 Å². The van der Waals surface area contributed by atoms with Crippen molar-refractivity contribution in [1.82, 2.24) is 14.7 Å². The molecule has 2 heterocycles. The van der Waals surface area contributed by atoms with Crippen LogP contribution in [0.4, 0.5) is 18.0 Å². The molecule has 0 fully saturated rings. The summed E-state index contributed by atoms with van der Waals surface area (Å²) in [7, 11) is 0. The Bertz CT molecular complexity index is 1100. The van der Waals surface area contributed by atoms with Crippen molar-refractivity contribution in [3.05, 3.63) is 71.3 Å². The molecule has 0 aliphatic carbocycles. The second kappa shape index (κ2) is 6.91. The van der Waals surface area contributed by atoms with Crippen LogP contribution in [0, 0.1) is 6.42 Å². The zero-order chi connectivity index (χ0) is 20.8. The van der Waals surface area contributed by atoms with Crippen molar-refractivity contribution in [2.45, 2.75) is 25.7 Å². The summed E-state index contributed by atoms with van der Waals surface area (Å²) in [6.07, 6.45) is -0.920. The minimum Gasteiger partial charge on any atom is -0.350 e. The summed E-state index contributed by atoms with van der Waals surface area (Å²) in [5, 5.41) is 4.73. The van der Waals surface area contributed by atoms with Gasteiger partial charge in [-0.25, -0.2) is 4.79 Å². The first-order chi connectivity index (χ1) is 13.7. The smallest absolute Gasteiger partial charge is 0.350 e. The van der Waals surface area contributed by atoms with Gasteiger partial charge in [0.05, 0.1) is 23.7 Å². The predicted octanol–water partition coefficient (Wildman–Crippen LogP) is 3.27. The van der Waals surface area contributed by atoms with E-state index in [1.165, 1.54) is 18.3 Å². The normalized spacial score (nSPS) is 14.7. The molecular weight excluding hydrogens is 385 g/mol. The molecule has 149 valence electrons. The lowest BCUT2D eigenvalue weighted by molar-refractivity contribution is -0.137. The Hall–Kier alpha value is -3.36. The van der Waals surface area contributed by atoms with E-state index in [1.807, 2.05) is 6.07 Å². The number of nitrogens with zero attached hydrogens (tertiary/aromatic N) is 3. The van der Waals surface area contributed by atoms with E-state index < -0.39 is 17.8 Å². The van der Waals surface area contributed by atoms with Gasteiger partial charge in [-0.15, -0.1) is 0 Å². The number of fused-ring (bicyclic) bond motifs is 3. The number of amides is 2. The zero-order valence-corrected chi connectivity index (χ0v) is 15.1. The molecule has 0 bridgehead atoms. The molecule has 9 heteroatoms. The molecule has 1 aromatic heterocycles. The monoisotopic (exact) mass is 401 g/mol. The Balaban J connectivity index is 1.66. The number of alkyl halides is 3. The fourth-order valence-electron chi connectivity index (χ4n) is 3.51. The van der Waals surface area contributed by atoms with Gasteiger partial charge < -0.3 is 10.6 Å². The SMILES string of the molecule is NC(=O)n1ncc2c3c(ccc21)C[CH]C(=O)N(Cc1ccc(C(F)(F)F)cc1)C3. The van der Waals surface area contributed by atoms with Crippen molar-refractivity contribution >= 4 is 22.8 Å². The third-order valence-electron chi connectivity index (χ3n) is 4.98. The molecule has 29 heavy (non-hydrogen) atoms. The summed E-state index contributed by atoms with van der Waals surface area (Å²) < 4.78 is 39.4. The molecular formula is C20H16F3N4O2. The van der Waals surface area contributed by atoms with Crippen molar-refractivity contribution in [1.29, 1.82) is 0 Å². The Labute approximate surface area is 163 Å². The highest BCUT2D eigenvalue weighted by Gasteiger charge is 2.30. The summed E-state index contributed by atoms with van der Waals surface area (Å²) in [5.41, 5.74) is 7.49. The summed E-state index contributed by atoms with van der Waals surface area (Å²) in [6.45, 7) is 0.404. The molecule has 2 N–H and O–H groups in total. The summed E-state index contributed by atoms with van der Waals surface area (Å²) in [6, 6.07) is 7.59. The van der Waals surface area contributed by atoms with E-state index in [9.17, 15) is 22.8 Å². The molecule has 1 radical (unpaired) electrons. The number of nitrogens with two attached hydrogens (primary N) is 1. The van der Waals surface area contributed by atoms with E-state index in [4.69, 9.17) is 5.73 Å².